The van der Waals surface area contributed by atoms with Crippen LogP contribution in [0.4, 0.5) is 0 Å². The molecular weight excluding hydrogens is 234 g/mol. The van der Waals surface area contributed by atoms with E-state index in [0.29, 0.717) is 11.6 Å². The van der Waals surface area contributed by atoms with E-state index in [4.69, 9.17) is 44.3 Å². The molecule has 0 bridgehead atoms. The molecule has 1 unspecified atom stereocenters. The van der Waals surface area contributed by atoms with Gasteiger partial charge in [0.05, 0.1) is 0 Å². The lowest BCUT2D eigenvalue weighted by Gasteiger charge is -2.10. The zero-order valence-electron chi connectivity index (χ0n) is 5.00. The minimum Gasteiger partial charge on any atom is -0.176 e. The predicted octanol–water partition coefficient (Wildman–Crippen LogP) is 2.77. The van der Waals surface area contributed by atoms with Crippen molar-refractivity contribution in [2.75, 3.05) is 0 Å². The molecule has 0 saturated heterocycles. The molecule has 1 atom stereocenters. The average Bonchev–Trinajstić information content (AvgIpc) is 1.62. The summed E-state index contributed by atoms with van der Waals surface area (Å²) in [7, 11) is -0.488. The van der Waals surface area contributed by atoms with Crippen LogP contribution < -0.4 is 0 Å². The van der Waals surface area contributed by atoms with Gasteiger partial charge in [-0.2, -0.15) is 11.1 Å². The Bertz CT molecular complexity index is 80.4. The maximum absolute atomic E-state index is 5.64. The van der Waals surface area contributed by atoms with Gasteiger partial charge >= 0.3 is 6.00 Å². The van der Waals surface area contributed by atoms with Crippen LogP contribution in [0.1, 0.15) is 6.92 Å². The molecule has 6 heteroatoms. The summed E-state index contributed by atoms with van der Waals surface area (Å²) in [5.74, 6) is 0. The Labute approximate surface area is 77.5 Å². The summed E-state index contributed by atoms with van der Waals surface area (Å²) in [5, 5.41) is 0. The zero-order chi connectivity index (χ0) is 7.49. The van der Waals surface area contributed by atoms with Gasteiger partial charge in [0.2, 0.25) is 0 Å². The van der Waals surface area contributed by atoms with Crippen LogP contribution in [0.5, 0.6) is 0 Å². The van der Waals surface area contributed by atoms with Crippen LogP contribution in [0.2, 0.25) is 11.6 Å². The SMILES string of the molecule is CC(C[Si](Cl)(Cl)Cl)[SiH2]Cl. The first-order valence-corrected chi connectivity index (χ1v) is 10.8. The van der Waals surface area contributed by atoms with Crippen molar-refractivity contribution in [1.82, 2.24) is 0 Å². The van der Waals surface area contributed by atoms with Crippen LogP contribution in [-0.2, 0) is 0 Å². The van der Waals surface area contributed by atoms with E-state index in [0.717, 1.165) is 0 Å². The minimum atomic E-state index is -2.37. The Morgan fingerprint density at radius 2 is 1.89 bits per heavy atom. The van der Waals surface area contributed by atoms with E-state index >= 15 is 0 Å². The highest BCUT2D eigenvalue weighted by molar-refractivity contribution is 7.64. The van der Waals surface area contributed by atoms with Gasteiger partial charge in [-0.05, 0) is 11.6 Å². The van der Waals surface area contributed by atoms with Crippen LogP contribution in [0, 0.1) is 0 Å². The van der Waals surface area contributed by atoms with Gasteiger partial charge in [0.25, 0.3) is 0 Å². The van der Waals surface area contributed by atoms with Gasteiger partial charge in [0.1, 0.15) is 8.83 Å². The standard InChI is InChI=1S/C3H8Cl4Si2/c1-3(8-4)2-9(5,6)7/h3H,2,8H2,1H3. The molecule has 0 heterocycles. The highest BCUT2D eigenvalue weighted by atomic mass is 35.8. The molecule has 0 aliphatic rings. The van der Waals surface area contributed by atoms with Crippen molar-refractivity contribution < 1.29 is 0 Å². The van der Waals surface area contributed by atoms with Gasteiger partial charge in [0, 0.05) is 0 Å². The molecule has 0 aliphatic carbocycles. The lowest BCUT2D eigenvalue weighted by atomic mass is 10.6. The number of hydrogen-bond donors (Lipinski definition) is 0. The molecule has 0 aromatic heterocycles. The van der Waals surface area contributed by atoms with Crippen molar-refractivity contribution in [1.29, 1.82) is 0 Å². The second-order valence-electron chi connectivity index (χ2n) is 2.08. The monoisotopic (exact) mass is 240 g/mol. The van der Waals surface area contributed by atoms with E-state index < -0.39 is 14.8 Å². The second kappa shape index (κ2) is 4.47. The van der Waals surface area contributed by atoms with Crippen LogP contribution in [0.15, 0.2) is 0 Å². The molecule has 0 N–H and O–H groups in total. The summed E-state index contributed by atoms with van der Waals surface area (Å²) in [6, 6.07) is -1.66. The summed E-state index contributed by atoms with van der Waals surface area (Å²) >= 11 is 22.6. The Kier molecular flexibility index (Phi) is 5.26. The lowest BCUT2D eigenvalue weighted by molar-refractivity contribution is 1.06. The molecule has 0 aromatic rings. The van der Waals surface area contributed by atoms with Crippen LogP contribution in [0.25, 0.3) is 0 Å². The summed E-state index contributed by atoms with van der Waals surface area (Å²) in [4.78, 5) is 0. The van der Waals surface area contributed by atoms with Gasteiger partial charge in [-0.25, -0.2) is 0 Å². The molecule has 9 heavy (non-hydrogen) atoms. The van der Waals surface area contributed by atoms with Crippen LogP contribution in [0.3, 0.4) is 0 Å². The molecular formula is C3H8Cl4Si2. The summed E-state index contributed by atoms with van der Waals surface area (Å²) in [6.07, 6.45) is 0. The Morgan fingerprint density at radius 3 is 2.00 bits per heavy atom. The molecule has 0 nitrogen and oxygen atoms in total. The summed E-state index contributed by atoms with van der Waals surface area (Å²) in [6.45, 7) is 2.04. The first-order chi connectivity index (χ1) is 3.95. The molecule has 56 valence electrons. The molecule has 0 saturated carbocycles. The van der Waals surface area contributed by atoms with Crippen LogP contribution in [-0.4, -0.2) is 14.8 Å². The maximum Gasteiger partial charge on any atom is 0.341 e. The molecule has 0 radical (unpaired) electrons. The Hall–Kier alpha value is 1.59. The lowest BCUT2D eigenvalue weighted by Crippen LogP contribution is -2.12. The number of rotatable bonds is 3. The molecule has 0 rings (SSSR count). The van der Waals surface area contributed by atoms with E-state index in [-0.39, 0.29) is 0 Å². The molecule has 0 spiro atoms. The van der Waals surface area contributed by atoms with Crippen molar-refractivity contribution in [2.45, 2.75) is 18.5 Å². The Morgan fingerprint density at radius 1 is 1.44 bits per heavy atom. The topological polar surface area (TPSA) is 0 Å². The Balaban J connectivity index is 3.47. The summed E-state index contributed by atoms with van der Waals surface area (Å²) in [5.41, 5.74) is 0.464. The first-order valence-electron chi connectivity index (χ1n) is 2.58. The largest absolute Gasteiger partial charge is 0.341 e. The van der Waals surface area contributed by atoms with E-state index in [1.165, 1.54) is 0 Å². The van der Waals surface area contributed by atoms with Gasteiger partial charge < -0.3 is 0 Å². The van der Waals surface area contributed by atoms with Crippen molar-refractivity contribution in [2.24, 2.45) is 0 Å². The van der Waals surface area contributed by atoms with Gasteiger partial charge in [0.15, 0.2) is 0 Å². The highest BCUT2D eigenvalue weighted by Crippen LogP contribution is 2.31. The molecule has 0 fully saturated rings. The third kappa shape index (κ3) is 7.49. The fraction of sp³-hybridized carbons (Fsp3) is 1.00. The zero-order valence-corrected chi connectivity index (χ0v) is 10.4. The van der Waals surface area contributed by atoms with Crippen molar-refractivity contribution in [3.8, 4) is 0 Å². The third-order valence-corrected chi connectivity index (χ3v) is 6.37. The van der Waals surface area contributed by atoms with Crippen LogP contribution >= 0.6 is 44.3 Å². The fourth-order valence-corrected chi connectivity index (χ4v) is 7.97. The predicted molar refractivity (Wildman–Crippen MR) is 51.9 cm³/mol. The van der Waals surface area contributed by atoms with Gasteiger partial charge in [-0.3, -0.25) is 0 Å². The second-order valence-corrected chi connectivity index (χ2v) is 13.9. The smallest absolute Gasteiger partial charge is 0.176 e. The van der Waals surface area contributed by atoms with E-state index in [1.54, 1.807) is 0 Å². The van der Waals surface area contributed by atoms with E-state index in [1.807, 2.05) is 6.92 Å². The number of halogens is 4. The number of hydrogen-bond acceptors (Lipinski definition) is 0. The quantitative estimate of drug-likeness (QED) is 0.527. The molecule has 0 aliphatic heterocycles. The third-order valence-electron chi connectivity index (χ3n) is 0.843. The highest BCUT2D eigenvalue weighted by Gasteiger charge is 2.27. The first kappa shape index (κ1) is 10.6. The van der Waals surface area contributed by atoms with Gasteiger partial charge in [-0.15, -0.1) is 33.2 Å². The summed E-state index contributed by atoms with van der Waals surface area (Å²) < 4.78 is 0. The maximum atomic E-state index is 5.64. The van der Waals surface area contributed by atoms with E-state index in [2.05, 4.69) is 0 Å². The normalized spacial score (nSPS) is 17.0. The molecule has 0 aromatic carbocycles. The van der Waals surface area contributed by atoms with Gasteiger partial charge in [-0.1, -0.05) is 6.92 Å². The molecule has 0 amide bonds. The van der Waals surface area contributed by atoms with E-state index in [9.17, 15) is 0 Å². The fourth-order valence-electron chi connectivity index (χ4n) is 0.450. The van der Waals surface area contributed by atoms with Crippen molar-refractivity contribution in [3.05, 3.63) is 0 Å². The average molecular weight is 242 g/mol. The van der Waals surface area contributed by atoms with Crippen molar-refractivity contribution in [3.63, 3.8) is 0 Å². The van der Waals surface area contributed by atoms with Crippen molar-refractivity contribution >= 4 is 59.1 Å². The minimum absolute atomic E-state index is 0.464.